The Morgan fingerprint density at radius 2 is 1.04 bits per heavy atom. The molecule has 2 aromatic rings. The minimum absolute atomic E-state index is 0.0106. The molecular formula is C60H71ClN2O10. The van der Waals surface area contributed by atoms with E-state index in [9.17, 15) is 33.9 Å². The van der Waals surface area contributed by atoms with Crippen LogP contribution in [-0.4, -0.2) is 101 Å². The average Bonchev–Trinajstić information content (AvgIpc) is 3.64. The lowest BCUT2D eigenvalue weighted by atomic mass is 9.79. The van der Waals surface area contributed by atoms with E-state index < -0.39 is 16.9 Å². The summed E-state index contributed by atoms with van der Waals surface area (Å²) in [5, 5.41) is 9.71. The fourth-order valence-corrected chi connectivity index (χ4v) is 12.7. The maximum absolute atomic E-state index is 13.0. The number of rotatable bonds is 19. The molecule has 14 atom stereocenters. The van der Waals surface area contributed by atoms with E-state index in [1.807, 2.05) is 38.2 Å². The van der Waals surface area contributed by atoms with Gasteiger partial charge in [-0.2, -0.15) is 0 Å². The van der Waals surface area contributed by atoms with Crippen LogP contribution < -0.4 is 0 Å². The lowest BCUT2D eigenvalue weighted by molar-refractivity contribution is -0.159. The van der Waals surface area contributed by atoms with Gasteiger partial charge in [0, 0.05) is 13.1 Å². The second-order valence-electron chi connectivity index (χ2n) is 22.0. The summed E-state index contributed by atoms with van der Waals surface area (Å²) in [5.41, 5.74) is 0.631. The number of carbonyl (C=O) groups is 6. The molecule has 0 radical (unpaired) electrons. The Morgan fingerprint density at radius 1 is 0.644 bits per heavy atom. The van der Waals surface area contributed by atoms with E-state index in [2.05, 4.69) is 50.6 Å². The predicted octanol–water partition coefficient (Wildman–Crippen LogP) is 9.86. The van der Waals surface area contributed by atoms with Crippen molar-refractivity contribution < 1.29 is 48.1 Å². The van der Waals surface area contributed by atoms with Crippen molar-refractivity contribution in [1.82, 2.24) is 9.80 Å². The molecule has 2 aromatic carbocycles. The van der Waals surface area contributed by atoms with Gasteiger partial charge in [0.05, 0.1) is 45.6 Å². The number of aliphatic hydroxyl groups is 1. The molecule has 7 aliphatic rings. The van der Waals surface area contributed by atoms with E-state index >= 15 is 0 Å². The van der Waals surface area contributed by atoms with Crippen molar-refractivity contribution in [3.63, 3.8) is 0 Å². The summed E-state index contributed by atoms with van der Waals surface area (Å²) in [6.45, 7) is 21.5. The molecule has 4 saturated carbocycles. The third-order valence-corrected chi connectivity index (χ3v) is 17.5. The van der Waals surface area contributed by atoms with Gasteiger partial charge < -0.3 is 19.3 Å². The Morgan fingerprint density at radius 3 is 1.40 bits per heavy atom. The number of imide groups is 2. The van der Waals surface area contributed by atoms with Gasteiger partial charge in [0.2, 0.25) is 0 Å². The number of alkyl halides is 1. The monoisotopic (exact) mass is 1010 g/mol. The fraction of sp³-hybridized carbons (Fsp3) is 0.500. The van der Waals surface area contributed by atoms with Crippen LogP contribution in [0.4, 0.5) is 0 Å². The molecule has 9 rings (SSSR count). The molecule has 13 heteroatoms. The molecule has 4 aliphatic carbocycles. The SMILES string of the molecule is C=CC1CC(/C=C\C2CC(C=C)C(CN3C(=O)c4ccccc4C3=O)C2)C(C)(C(=O)OCC(O)CCl)C1.C=CC1CC(/C=C\C2CC(C=C)C(CN3C(=O)c4ccccc4C3=O)C2)C(C)(C(=O)OCC2CO2)C1. The van der Waals surface area contributed by atoms with Gasteiger partial charge in [-0.05, 0) is 149 Å². The third kappa shape index (κ3) is 11.4. The lowest BCUT2D eigenvalue weighted by Crippen LogP contribution is -2.35. The third-order valence-electron chi connectivity index (χ3n) is 17.1. The molecule has 3 heterocycles. The van der Waals surface area contributed by atoms with Crippen LogP contribution in [-0.2, 0) is 23.8 Å². The smallest absolute Gasteiger partial charge is 0.312 e. The maximum Gasteiger partial charge on any atom is 0.312 e. The molecule has 73 heavy (non-hydrogen) atoms. The Balaban J connectivity index is 0.000000195. The van der Waals surface area contributed by atoms with Gasteiger partial charge in [0.25, 0.3) is 23.6 Å². The number of aliphatic hydroxyl groups excluding tert-OH is 1. The van der Waals surface area contributed by atoms with Gasteiger partial charge in [-0.15, -0.1) is 37.9 Å². The van der Waals surface area contributed by atoms with E-state index in [0.717, 1.165) is 44.9 Å². The summed E-state index contributed by atoms with van der Waals surface area (Å²) in [6.07, 6.45) is 22.3. The van der Waals surface area contributed by atoms with Crippen LogP contribution >= 0.6 is 11.6 Å². The summed E-state index contributed by atoms with van der Waals surface area (Å²) < 4.78 is 16.2. The zero-order chi connectivity index (χ0) is 52.2. The van der Waals surface area contributed by atoms with E-state index in [1.165, 1.54) is 9.80 Å². The lowest BCUT2D eigenvalue weighted by Gasteiger charge is -2.28. The first-order valence-electron chi connectivity index (χ1n) is 26.0. The number of halogens is 1. The van der Waals surface area contributed by atoms with Crippen molar-refractivity contribution >= 4 is 47.2 Å². The molecule has 4 amide bonds. The molecule has 0 spiro atoms. The summed E-state index contributed by atoms with van der Waals surface area (Å²) in [4.78, 5) is 80.3. The molecular weight excluding hydrogens is 944 g/mol. The van der Waals surface area contributed by atoms with Crippen LogP contribution in [0, 0.1) is 70.0 Å². The normalized spacial score (nSPS) is 33.7. The Bertz CT molecular complexity index is 2480. The van der Waals surface area contributed by atoms with Crippen LogP contribution in [0.3, 0.4) is 0 Å². The number of nitrogens with zero attached hydrogens (tertiary/aromatic N) is 2. The molecule has 14 unspecified atom stereocenters. The number of amides is 4. The van der Waals surface area contributed by atoms with Crippen LogP contribution in [0.15, 0.2) is 123 Å². The van der Waals surface area contributed by atoms with Crippen LogP contribution in [0.25, 0.3) is 0 Å². The summed E-state index contributed by atoms with van der Waals surface area (Å²) in [6, 6.07) is 14.0. The molecule has 0 aromatic heterocycles. The summed E-state index contributed by atoms with van der Waals surface area (Å²) >= 11 is 5.64. The average molecular weight is 1020 g/mol. The second kappa shape index (κ2) is 22.8. The molecule has 12 nitrogen and oxygen atoms in total. The fourth-order valence-electron chi connectivity index (χ4n) is 12.6. The number of benzene rings is 2. The van der Waals surface area contributed by atoms with Gasteiger partial charge >= 0.3 is 11.9 Å². The van der Waals surface area contributed by atoms with E-state index in [0.29, 0.717) is 60.9 Å². The van der Waals surface area contributed by atoms with Gasteiger partial charge in [-0.25, -0.2) is 0 Å². The van der Waals surface area contributed by atoms with Gasteiger partial charge in [-0.3, -0.25) is 38.6 Å². The van der Waals surface area contributed by atoms with Gasteiger partial charge in [-0.1, -0.05) is 72.9 Å². The molecule has 1 saturated heterocycles. The Labute approximate surface area is 435 Å². The number of allylic oxidation sites excluding steroid dienone is 8. The maximum atomic E-state index is 13.0. The second-order valence-corrected chi connectivity index (χ2v) is 22.3. The van der Waals surface area contributed by atoms with Crippen LogP contribution in [0.5, 0.6) is 0 Å². The zero-order valence-corrected chi connectivity index (χ0v) is 43.0. The standard InChI is InChI=1S/C30H36ClNO5.C30H35NO5/c1-4-19-14-23(30(3,15-19)29(36)37-18-24(33)16-31)11-10-20-12-21(5-2)22(13-20)17-32-27(34)25-8-6-7-9-26(25)28(32)35;1-4-19-14-23(30(3,15-19)29(34)36-18-24-17-35-24)11-10-20-12-21(5-2)22(13-20)16-31-27(32)25-8-6-7-9-26(25)28(31)33/h4-11,19-24,33H,1-2,12-18H2,3H3;4-11,19-24H,1-2,12-18H2,3H3/b2*11-10-. The first-order chi connectivity index (χ1) is 35.0. The highest BCUT2D eigenvalue weighted by atomic mass is 35.5. The van der Waals surface area contributed by atoms with Crippen molar-refractivity contribution in [3.05, 3.63) is 146 Å². The highest BCUT2D eigenvalue weighted by Crippen LogP contribution is 2.51. The highest BCUT2D eigenvalue weighted by molar-refractivity contribution is 6.22. The van der Waals surface area contributed by atoms with Gasteiger partial charge in [0.1, 0.15) is 25.4 Å². The van der Waals surface area contributed by atoms with Crippen molar-refractivity contribution in [3.8, 4) is 0 Å². The number of esters is 2. The molecule has 1 N–H and O–H groups in total. The quantitative estimate of drug-likeness (QED) is 0.0472. The zero-order valence-electron chi connectivity index (χ0n) is 42.3. The van der Waals surface area contributed by atoms with Crippen molar-refractivity contribution in [2.45, 2.75) is 77.4 Å². The van der Waals surface area contributed by atoms with Crippen molar-refractivity contribution in [2.75, 3.05) is 38.8 Å². The van der Waals surface area contributed by atoms with Crippen molar-refractivity contribution in [2.24, 2.45) is 70.0 Å². The molecule has 0 bridgehead atoms. The van der Waals surface area contributed by atoms with E-state index in [1.54, 1.807) is 48.5 Å². The van der Waals surface area contributed by atoms with Gasteiger partial charge in [0.15, 0.2) is 0 Å². The molecule has 3 aliphatic heterocycles. The largest absolute Gasteiger partial charge is 0.462 e. The van der Waals surface area contributed by atoms with Crippen LogP contribution in [0.1, 0.15) is 107 Å². The molecule has 5 fully saturated rings. The first kappa shape index (κ1) is 53.6. The predicted molar refractivity (Wildman–Crippen MR) is 279 cm³/mol. The topological polar surface area (TPSA) is 160 Å². The van der Waals surface area contributed by atoms with E-state index in [4.69, 9.17) is 25.8 Å². The summed E-state index contributed by atoms with van der Waals surface area (Å²) in [7, 11) is 0. The number of hydrogen-bond donors (Lipinski definition) is 1. The first-order valence-corrected chi connectivity index (χ1v) is 26.6. The number of ether oxygens (including phenoxy) is 3. The van der Waals surface area contributed by atoms with E-state index in [-0.39, 0.29) is 107 Å². The Kier molecular flexibility index (Phi) is 16.8. The highest BCUT2D eigenvalue weighted by Gasteiger charge is 2.51. The summed E-state index contributed by atoms with van der Waals surface area (Å²) in [5.74, 6) is 0.480. The number of fused-ring (bicyclic) bond motifs is 2. The van der Waals surface area contributed by atoms with Crippen LogP contribution in [0.2, 0.25) is 0 Å². The number of hydrogen-bond acceptors (Lipinski definition) is 10. The Hall–Kier alpha value is -5.69. The number of carbonyl (C=O) groups excluding carboxylic acids is 6. The number of epoxide rings is 1. The molecule has 388 valence electrons. The minimum atomic E-state index is -0.881. The minimum Gasteiger partial charge on any atom is -0.462 e. The van der Waals surface area contributed by atoms with Crippen molar-refractivity contribution in [1.29, 1.82) is 0 Å².